The van der Waals surface area contributed by atoms with Gasteiger partial charge in [0.1, 0.15) is 0 Å². The van der Waals surface area contributed by atoms with Crippen LogP contribution in [0.15, 0.2) is 0 Å². The third-order valence-electron chi connectivity index (χ3n) is 3.62. The monoisotopic (exact) mass is 256 g/mol. The Labute approximate surface area is 109 Å². The fourth-order valence-electron chi connectivity index (χ4n) is 2.70. The van der Waals surface area contributed by atoms with Gasteiger partial charge in [-0.15, -0.1) is 0 Å². The first kappa shape index (κ1) is 13.8. The molecule has 0 saturated carbocycles. The number of likely N-dealkylation sites (tertiary alicyclic amines) is 2. The number of hydrogen-bond donors (Lipinski definition) is 1. The van der Waals surface area contributed by atoms with E-state index in [-0.39, 0.29) is 18.1 Å². The lowest BCUT2D eigenvalue weighted by molar-refractivity contribution is -0.127. The number of aliphatic hydroxyl groups excluding tert-OH is 1. The first-order chi connectivity index (χ1) is 8.56. The van der Waals surface area contributed by atoms with E-state index < -0.39 is 6.10 Å². The van der Waals surface area contributed by atoms with E-state index >= 15 is 0 Å². The molecule has 0 radical (unpaired) electrons. The highest BCUT2D eigenvalue weighted by Crippen LogP contribution is 2.16. The van der Waals surface area contributed by atoms with E-state index in [0.29, 0.717) is 13.0 Å². The number of amides is 1. The molecule has 2 rings (SSSR count). The molecule has 2 heterocycles. The smallest absolute Gasteiger partial charge is 0.222 e. The summed E-state index contributed by atoms with van der Waals surface area (Å²) in [5.74, 6) is 0.268. The predicted molar refractivity (Wildman–Crippen MR) is 68.3 cm³/mol. The molecule has 0 aromatic carbocycles. The molecule has 0 aliphatic carbocycles. The molecule has 2 fully saturated rings. The van der Waals surface area contributed by atoms with Gasteiger partial charge in [-0.1, -0.05) is 0 Å². The van der Waals surface area contributed by atoms with E-state index in [1.807, 2.05) is 18.7 Å². The van der Waals surface area contributed by atoms with Crippen molar-refractivity contribution in [2.75, 3.05) is 32.7 Å². The van der Waals surface area contributed by atoms with Crippen LogP contribution in [0.3, 0.4) is 0 Å². The third-order valence-corrected chi connectivity index (χ3v) is 3.62. The Bertz CT molecular complexity index is 296. The van der Waals surface area contributed by atoms with Gasteiger partial charge in [0.2, 0.25) is 5.91 Å². The highest BCUT2D eigenvalue weighted by atomic mass is 16.5. The van der Waals surface area contributed by atoms with Crippen LogP contribution in [0.25, 0.3) is 0 Å². The lowest BCUT2D eigenvalue weighted by atomic mass is 10.2. The van der Waals surface area contributed by atoms with E-state index in [2.05, 4.69) is 4.90 Å². The molecule has 1 N–H and O–H groups in total. The van der Waals surface area contributed by atoms with Gasteiger partial charge in [0.25, 0.3) is 0 Å². The summed E-state index contributed by atoms with van der Waals surface area (Å²) in [6, 6.07) is 0. The standard InChI is InChI=1S/C13H24N2O3/c1-10(2)18-12-9-14(8-11(12)16)6-7-15-5-3-4-13(15)17/h10-12,16H,3-9H2,1-2H3/t11-,12-/m0/s1. The van der Waals surface area contributed by atoms with Crippen molar-refractivity contribution >= 4 is 5.91 Å². The van der Waals surface area contributed by atoms with Crippen LogP contribution in [-0.4, -0.2) is 71.8 Å². The number of ether oxygens (including phenoxy) is 1. The van der Waals surface area contributed by atoms with Crippen molar-refractivity contribution in [3.63, 3.8) is 0 Å². The number of rotatable bonds is 5. The van der Waals surface area contributed by atoms with Gasteiger partial charge in [-0.3, -0.25) is 9.69 Å². The Morgan fingerprint density at radius 3 is 2.78 bits per heavy atom. The van der Waals surface area contributed by atoms with Crippen molar-refractivity contribution in [3.05, 3.63) is 0 Å². The molecule has 2 saturated heterocycles. The summed E-state index contributed by atoms with van der Waals surface area (Å²) in [4.78, 5) is 15.6. The van der Waals surface area contributed by atoms with Crippen LogP contribution in [0.1, 0.15) is 26.7 Å². The molecule has 104 valence electrons. The number of carbonyl (C=O) groups is 1. The Morgan fingerprint density at radius 2 is 2.17 bits per heavy atom. The van der Waals surface area contributed by atoms with E-state index in [4.69, 9.17) is 4.74 Å². The third kappa shape index (κ3) is 3.43. The first-order valence-corrected chi connectivity index (χ1v) is 6.90. The normalized spacial score (nSPS) is 29.8. The molecule has 0 bridgehead atoms. The molecule has 18 heavy (non-hydrogen) atoms. The van der Waals surface area contributed by atoms with Crippen molar-refractivity contribution in [3.8, 4) is 0 Å². The van der Waals surface area contributed by atoms with Gasteiger partial charge in [-0.2, -0.15) is 0 Å². The summed E-state index contributed by atoms with van der Waals surface area (Å²) in [5.41, 5.74) is 0. The van der Waals surface area contributed by atoms with Gasteiger partial charge in [-0.05, 0) is 20.3 Å². The fourth-order valence-corrected chi connectivity index (χ4v) is 2.70. The Balaban J connectivity index is 1.73. The second-order valence-corrected chi connectivity index (χ2v) is 5.53. The summed E-state index contributed by atoms with van der Waals surface area (Å²) in [5, 5.41) is 9.90. The van der Waals surface area contributed by atoms with Crippen molar-refractivity contribution in [1.82, 2.24) is 9.80 Å². The van der Waals surface area contributed by atoms with Crippen LogP contribution in [-0.2, 0) is 9.53 Å². The van der Waals surface area contributed by atoms with Gasteiger partial charge in [0.05, 0.1) is 18.3 Å². The molecule has 2 aliphatic rings. The summed E-state index contributed by atoms with van der Waals surface area (Å²) >= 11 is 0. The maximum atomic E-state index is 11.5. The van der Waals surface area contributed by atoms with Crippen LogP contribution in [0.5, 0.6) is 0 Å². The molecule has 0 aromatic rings. The summed E-state index contributed by atoms with van der Waals surface area (Å²) < 4.78 is 5.67. The maximum Gasteiger partial charge on any atom is 0.222 e. The molecular weight excluding hydrogens is 232 g/mol. The topological polar surface area (TPSA) is 53.0 Å². The second kappa shape index (κ2) is 5.99. The fraction of sp³-hybridized carbons (Fsp3) is 0.923. The summed E-state index contributed by atoms with van der Waals surface area (Å²) in [6.07, 6.45) is 1.34. The Hall–Kier alpha value is -0.650. The quantitative estimate of drug-likeness (QED) is 0.757. The number of nitrogens with zero attached hydrogens (tertiary/aromatic N) is 2. The SMILES string of the molecule is CC(C)O[C@H]1CN(CCN2CCCC2=O)C[C@@H]1O. The maximum absolute atomic E-state index is 11.5. The van der Waals surface area contributed by atoms with Crippen molar-refractivity contribution in [2.24, 2.45) is 0 Å². The Morgan fingerprint density at radius 1 is 1.39 bits per heavy atom. The molecule has 0 spiro atoms. The zero-order valence-electron chi connectivity index (χ0n) is 11.3. The average Bonchev–Trinajstić information content (AvgIpc) is 2.83. The van der Waals surface area contributed by atoms with Gasteiger partial charge >= 0.3 is 0 Å². The second-order valence-electron chi connectivity index (χ2n) is 5.53. The van der Waals surface area contributed by atoms with Gasteiger partial charge < -0.3 is 14.7 Å². The molecule has 1 amide bonds. The van der Waals surface area contributed by atoms with Crippen molar-refractivity contribution in [1.29, 1.82) is 0 Å². The number of carbonyl (C=O) groups excluding carboxylic acids is 1. The van der Waals surface area contributed by atoms with Crippen LogP contribution < -0.4 is 0 Å². The van der Waals surface area contributed by atoms with E-state index in [9.17, 15) is 9.90 Å². The molecule has 2 aliphatic heterocycles. The first-order valence-electron chi connectivity index (χ1n) is 6.90. The lowest BCUT2D eigenvalue weighted by Gasteiger charge is -2.21. The molecular formula is C13H24N2O3. The largest absolute Gasteiger partial charge is 0.389 e. The highest BCUT2D eigenvalue weighted by molar-refractivity contribution is 5.78. The van der Waals surface area contributed by atoms with Crippen LogP contribution >= 0.6 is 0 Å². The molecule has 5 nitrogen and oxygen atoms in total. The predicted octanol–water partition coefficient (Wildman–Crippen LogP) is 0.0789. The Kier molecular flexibility index (Phi) is 4.59. The van der Waals surface area contributed by atoms with E-state index in [1.165, 1.54) is 0 Å². The summed E-state index contributed by atoms with van der Waals surface area (Å²) in [6.45, 7) is 7.89. The zero-order chi connectivity index (χ0) is 13.1. The number of aliphatic hydroxyl groups is 1. The minimum Gasteiger partial charge on any atom is -0.389 e. The van der Waals surface area contributed by atoms with Crippen molar-refractivity contribution in [2.45, 2.75) is 45.0 Å². The zero-order valence-corrected chi connectivity index (χ0v) is 11.3. The number of β-amino-alcohol motifs (C(OH)–C–C–N with tert-alkyl or cyclic N) is 1. The van der Waals surface area contributed by atoms with Gasteiger partial charge in [-0.25, -0.2) is 0 Å². The van der Waals surface area contributed by atoms with Gasteiger partial charge in [0.15, 0.2) is 0 Å². The lowest BCUT2D eigenvalue weighted by Crippen LogP contribution is -2.35. The van der Waals surface area contributed by atoms with Crippen molar-refractivity contribution < 1.29 is 14.6 Å². The van der Waals surface area contributed by atoms with E-state index in [0.717, 1.165) is 32.6 Å². The molecule has 5 heteroatoms. The summed E-state index contributed by atoms with van der Waals surface area (Å²) in [7, 11) is 0. The van der Waals surface area contributed by atoms with Gasteiger partial charge in [0, 0.05) is 39.1 Å². The van der Waals surface area contributed by atoms with Crippen LogP contribution in [0, 0.1) is 0 Å². The minimum absolute atomic E-state index is 0.0840. The minimum atomic E-state index is -0.401. The number of hydrogen-bond acceptors (Lipinski definition) is 4. The van der Waals surface area contributed by atoms with Crippen LogP contribution in [0.2, 0.25) is 0 Å². The average molecular weight is 256 g/mol. The molecule has 0 aromatic heterocycles. The van der Waals surface area contributed by atoms with Crippen LogP contribution in [0.4, 0.5) is 0 Å². The molecule has 2 atom stereocenters. The molecule has 0 unspecified atom stereocenters. The van der Waals surface area contributed by atoms with E-state index in [1.54, 1.807) is 0 Å². The highest BCUT2D eigenvalue weighted by Gasteiger charge is 2.33.